The van der Waals surface area contributed by atoms with E-state index in [9.17, 15) is 19.1 Å². The number of allylic oxidation sites excluding steroid dienone is 4. The van der Waals surface area contributed by atoms with Gasteiger partial charge in [0, 0.05) is 24.4 Å². The lowest BCUT2D eigenvalue weighted by Gasteiger charge is -2.63. The molecule has 1 aromatic rings. The fourth-order valence-electron chi connectivity index (χ4n) is 9.41. The second-order valence-corrected chi connectivity index (χ2v) is 12.5. The highest BCUT2D eigenvalue weighted by Crippen LogP contribution is 2.74. The third-order valence-corrected chi connectivity index (χ3v) is 11.0. The normalized spacial score (nSPS) is 46.7. The van der Waals surface area contributed by atoms with Crippen molar-refractivity contribution in [1.82, 2.24) is 4.90 Å². The van der Waals surface area contributed by atoms with E-state index in [0.717, 1.165) is 11.5 Å². The van der Waals surface area contributed by atoms with Gasteiger partial charge in [-0.05, 0) is 80.2 Å². The average molecular weight is 518 g/mol. The smallest absolute Gasteiger partial charge is 0.178 e. The number of carbonyl (C=O) groups is 2. The fourth-order valence-corrected chi connectivity index (χ4v) is 9.41. The predicted molar refractivity (Wildman–Crippen MR) is 130 cm³/mol. The van der Waals surface area contributed by atoms with Crippen molar-refractivity contribution in [3.63, 3.8) is 0 Å². The van der Waals surface area contributed by atoms with Gasteiger partial charge < -0.3 is 9.52 Å². The Labute approximate surface area is 214 Å². The monoisotopic (exact) mass is 517 g/mol. The molecule has 4 fully saturated rings. The van der Waals surface area contributed by atoms with Crippen LogP contribution in [-0.4, -0.2) is 59.3 Å². The number of rotatable bonds is 4. The van der Waals surface area contributed by atoms with E-state index in [2.05, 4.69) is 4.90 Å². The van der Waals surface area contributed by atoms with Crippen LogP contribution in [0, 0.1) is 40.9 Å². The van der Waals surface area contributed by atoms with E-state index >= 15 is 8.78 Å². The number of aryl methyl sites for hydroxylation is 1. The quantitative estimate of drug-likeness (QED) is 0.638. The van der Waals surface area contributed by atoms with Crippen LogP contribution < -0.4 is 0 Å². The van der Waals surface area contributed by atoms with Gasteiger partial charge in [-0.2, -0.15) is 0 Å². The summed E-state index contributed by atoms with van der Waals surface area (Å²) in [6.07, 6.45) is 1.09. The molecule has 2 heterocycles. The molecule has 1 N–H and O–H groups in total. The molecule has 5 aliphatic rings. The van der Waals surface area contributed by atoms with Crippen molar-refractivity contribution in [2.24, 2.45) is 34.0 Å². The van der Waals surface area contributed by atoms with Crippen molar-refractivity contribution in [3.05, 3.63) is 47.5 Å². The summed E-state index contributed by atoms with van der Waals surface area (Å²) in [6, 6.07) is 3.76. The molecule has 0 aromatic carbocycles. The van der Waals surface area contributed by atoms with Crippen LogP contribution in [0.25, 0.3) is 0 Å². The van der Waals surface area contributed by atoms with Crippen LogP contribution in [0.3, 0.4) is 0 Å². The zero-order chi connectivity index (χ0) is 26.5. The summed E-state index contributed by atoms with van der Waals surface area (Å²) in [7, 11) is 0. The topological polar surface area (TPSA) is 70.8 Å². The van der Waals surface area contributed by atoms with Crippen LogP contribution in [-0.2, 0) is 16.1 Å². The average Bonchev–Trinajstić information content (AvgIpc) is 3.49. The molecule has 0 spiro atoms. The number of aliphatic hydroxyl groups is 1. The molecule has 0 radical (unpaired) electrons. The molecule has 200 valence electrons. The van der Waals surface area contributed by atoms with Crippen LogP contribution in [0.4, 0.5) is 13.2 Å². The van der Waals surface area contributed by atoms with Crippen molar-refractivity contribution < 1.29 is 32.3 Å². The van der Waals surface area contributed by atoms with Crippen molar-refractivity contribution in [2.45, 2.75) is 64.5 Å². The number of aliphatic hydroxyl groups excluding tert-OH is 1. The molecule has 6 rings (SSSR count). The number of hydrogen-bond acceptors (Lipinski definition) is 5. The zero-order valence-corrected chi connectivity index (χ0v) is 21.5. The molecule has 1 aliphatic heterocycles. The molecule has 5 nitrogen and oxygen atoms in total. The lowest BCUT2D eigenvalue weighted by Crippen LogP contribution is -2.69. The molecule has 1 saturated heterocycles. The maximum absolute atomic E-state index is 17.4. The standard InChI is InChI=1S/C29H34F3NO4/c1-16-4-5-19(37-16)14-33-13-17-8-20-21-10-23(31)22-9-18(34)6-7-26(22,2)29(21,32)24(35)11-27(20,3)28(17,15-33)25(36)12-30/h4-7,9,17,20-21,23-24,35H,8,10-15H2,1-3H3/t17-,20-,21-,23-,24-,26-,27-,28+,29-/m0/s1. The van der Waals surface area contributed by atoms with Gasteiger partial charge in [-0.1, -0.05) is 13.0 Å². The summed E-state index contributed by atoms with van der Waals surface area (Å²) >= 11 is 0. The van der Waals surface area contributed by atoms with E-state index in [1.54, 1.807) is 6.92 Å². The minimum Gasteiger partial charge on any atom is -0.465 e. The number of furan rings is 1. The first-order valence-corrected chi connectivity index (χ1v) is 13.2. The van der Waals surface area contributed by atoms with Gasteiger partial charge in [0.1, 0.15) is 24.4 Å². The summed E-state index contributed by atoms with van der Waals surface area (Å²) in [6.45, 7) is 5.47. The van der Waals surface area contributed by atoms with Crippen LogP contribution in [0.1, 0.15) is 44.6 Å². The van der Waals surface area contributed by atoms with Crippen LogP contribution in [0.2, 0.25) is 0 Å². The van der Waals surface area contributed by atoms with Crippen molar-refractivity contribution >= 4 is 11.6 Å². The first-order valence-electron chi connectivity index (χ1n) is 13.2. The third kappa shape index (κ3) is 3.00. The van der Waals surface area contributed by atoms with Crippen LogP contribution >= 0.6 is 0 Å². The molecule has 3 saturated carbocycles. The second-order valence-electron chi connectivity index (χ2n) is 12.5. The number of Topliss-reactive ketones (excluding diaryl/α,β-unsaturated/α-hetero) is 1. The fraction of sp³-hybridized carbons (Fsp3) is 0.655. The molecular formula is C29H34F3NO4. The van der Waals surface area contributed by atoms with Gasteiger partial charge in [-0.15, -0.1) is 0 Å². The van der Waals surface area contributed by atoms with Gasteiger partial charge in [0.05, 0.1) is 18.1 Å². The number of fused-ring (bicyclic) bond motifs is 7. The highest BCUT2D eigenvalue weighted by molar-refractivity contribution is 6.01. The van der Waals surface area contributed by atoms with Gasteiger partial charge in [-0.3, -0.25) is 14.5 Å². The summed E-state index contributed by atoms with van der Waals surface area (Å²) < 4.78 is 53.0. The van der Waals surface area contributed by atoms with E-state index in [1.165, 1.54) is 18.2 Å². The van der Waals surface area contributed by atoms with Crippen molar-refractivity contribution in [3.8, 4) is 0 Å². The molecule has 37 heavy (non-hydrogen) atoms. The number of ketones is 2. The van der Waals surface area contributed by atoms with E-state index in [-0.39, 0.29) is 30.1 Å². The van der Waals surface area contributed by atoms with Crippen molar-refractivity contribution in [1.29, 1.82) is 0 Å². The molecule has 1 aromatic heterocycles. The maximum Gasteiger partial charge on any atom is 0.178 e. The molecule has 0 bridgehead atoms. The number of hydrogen-bond donors (Lipinski definition) is 1. The number of likely N-dealkylation sites (tertiary alicyclic amines) is 1. The Morgan fingerprint density at radius 2 is 2.00 bits per heavy atom. The summed E-state index contributed by atoms with van der Waals surface area (Å²) in [5, 5.41) is 11.5. The molecule has 0 amide bonds. The first-order chi connectivity index (χ1) is 17.4. The number of carbonyl (C=O) groups excluding carboxylic acids is 2. The van der Waals surface area contributed by atoms with Gasteiger partial charge >= 0.3 is 0 Å². The van der Waals surface area contributed by atoms with Crippen LogP contribution in [0.5, 0.6) is 0 Å². The number of halogens is 3. The Bertz CT molecular complexity index is 1230. The Kier molecular flexibility index (Phi) is 5.37. The largest absolute Gasteiger partial charge is 0.465 e. The Balaban J connectivity index is 1.41. The van der Waals surface area contributed by atoms with Crippen molar-refractivity contribution in [2.75, 3.05) is 19.8 Å². The molecule has 8 heteroatoms. The third-order valence-electron chi connectivity index (χ3n) is 11.0. The highest BCUT2D eigenvalue weighted by Gasteiger charge is 2.78. The second kappa shape index (κ2) is 7.92. The van der Waals surface area contributed by atoms with E-state index < -0.39 is 58.5 Å². The number of nitrogens with zero attached hydrogens (tertiary/aromatic N) is 1. The van der Waals surface area contributed by atoms with E-state index in [0.29, 0.717) is 26.1 Å². The zero-order valence-electron chi connectivity index (χ0n) is 21.5. The SMILES string of the molecule is Cc1ccc(CN2C[C@@H]3C[C@H]4[C@@H]5C[C@H](F)C6=CC(=O)C=C[C@]6(C)[C@@]5(F)[C@@H](O)C[C@]4(C)[C@]3(C(=O)CF)C2)o1. The molecule has 9 atom stereocenters. The molecule has 4 aliphatic carbocycles. The highest BCUT2D eigenvalue weighted by atomic mass is 19.1. The Hall–Kier alpha value is -2.19. The maximum atomic E-state index is 17.4. The van der Waals surface area contributed by atoms with Crippen LogP contribution in [0.15, 0.2) is 40.4 Å². The molecule has 0 unspecified atom stereocenters. The predicted octanol–water partition coefficient (Wildman–Crippen LogP) is 4.47. The van der Waals surface area contributed by atoms with E-state index in [4.69, 9.17) is 4.42 Å². The Morgan fingerprint density at radius 3 is 2.68 bits per heavy atom. The summed E-state index contributed by atoms with van der Waals surface area (Å²) in [5.74, 6) is -0.869. The summed E-state index contributed by atoms with van der Waals surface area (Å²) in [4.78, 5) is 27.6. The van der Waals surface area contributed by atoms with Gasteiger partial charge in [-0.25, -0.2) is 13.2 Å². The number of alkyl halides is 3. The molecular weight excluding hydrogens is 483 g/mol. The minimum absolute atomic E-state index is 0.0256. The lowest BCUT2D eigenvalue weighted by atomic mass is 9.43. The Morgan fingerprint density at radius 1 is 1.24 bits per heavy atom. The van der Waals surface area contributed by atoms with E-state index in [1.807, 2.05) is 26.0 Å². The van der Waals surface area contributed by atoms with Gasteiger partial charge in [0.15, 0.2) is 17.2 Å². The van der Waals surface area contributed by atoms with Gasteiger partial charge in [0.25, 0.3) is 0 Å². The first kappa shape index (κ1) is 25.1. The minimum atomic E-state index is -2.20. The lowest BCUT2D eigenvalue weighted by molar-refractivity contribution is -0.211. The van der Waals surface area contributed by atoms with Gasteiger partial charge in [0.2, 0.25) is 0 Å². The summed E-state index contributed by atoms with van der Waals surface area (Å²) in [5.41, 5.74) is -5.60.